The largest absolute Gasteiger partial charge is 0.508 e. The molecule has 0 spiro atoms. The molecule has 0 saturated carbocycles. The van der Waals surface area contributed by atoms with Crippen LogP contribution in [0.4, 0.5) is 0 Å². The van der Waals surface area contributed by atoms with Crippen molar-refractivity contribution >= 4 is 21.9 Å². The van der Waals surface area contributed by atoms with Gasteiger partial charge in [-0.05, 0) is 28.1 Å². The molecule has 0 aliphatic rings. The summed E-state index contributed by atoms with van der Waals surface area (Å²) in [6, 6.07) is 5.23. The highest BCUT2D eigenvalue weighted by Crippen LogP contribution is 2.29. The molecule has 3 N–H and O–H groups in total. The van der Waals surface area contributed by atoms with Crippen molar-refractivity contribution in [3.8, 4) is 5.75 Å². The lowest BCUT2D eigenvalue weighted by molar-refractivity contribution is -0.149. The third-order valence-corrected chi connectivity index (χ3v) is 2.33. The van der Waals surface area contributed by atoms with Crippen molar-refractivity contribution < 1.29 is 20.1 Å². The molecule has 5 heteroatoms. The van der Waals surface area contributed by atoms with E-state index in [2.05, 4.69) is 15.9 Å². The summed E-state index contributed by atoms with van der Waals surface area (Å²) in [5.41, 5.74) is 0.151. The second kappa shape index (κ2) is 3.35. The predicted octanol–water partition coefficient (Wildman–Crippen LogP) is 1.02. The topological polar surface area (TPSA) is 77.8 Å². The summed E-state index contributed by atoms with van der Waals surface area (Å²) in [5.74, 6) is -1.39. The van der Waals surface area contributed by atoms with E-state index in [0.717, 1.165) is 0 Å². The fourth-order valence-electron chi connectivity index (χ4n) is 0.806. The summed E-state index contributed by atoms with van der Waals surface area (Å²) >= 11 is 2.65. The summed E-state index contributed by atoms with van der Waals surface area (Å²) in [6.07, 6.45) is 0. The number of rotatable bonds is 2. The molecular formula is C8H7BrO4. The molecule has 0 aromatic heterocycles. The average molecular weight is 247 g/mol. The third kappa shape index (κ3) is 1.99. The molecule has 0 radical (unpaired) electrons. The van der Waals surface area contributed by atoms with Gasteiger partial charge < -0.3 is 15.3 Å². The first-order valence-electron chi connectivity index (χ1n) is 3.39. The number of aliphatic hydroxyl groups is 1. The lowest BCUT2D eigenvalue weighted by Gasteiger charge is -2.15. The Hall–Kier alpha value is -1.07. The van der Waals surface area contributed by atoms with Gasteiger partial charge in [0.05, 0.1) is 0 Å². The molecule has 0 amide bonds. The van der Waals surface area contributed by atoms with Crippen molar-refractivity contribution in [3.05, 3.63) is 29.8 Å². The molecule has 0 aliphatic heterocycles. The molecule has 0 heterocycles. The van der Waals surface area contributed by atoms with Gasteiger partial charge in [-0.1, -0.05) is 12.1 Å². The molecule has 1 aromatic rings. The van der Waals surface area contributed by atoms with Crippen LogP contribution in [0.25, 0.3) is 0 Å². The summed E-state index contributed by atoms with van der Waals surface area (Å²) in [4.78, 5) is 10.5. The van der Waals surface area contributed by atoms with Crippen LogP contribution in [0, 0.1) is 0 Å². The number of carboxylic acids is 1. The Labute approximate surface area is 82.6 Å². The second-order valence-electron chi connectivity index (χ2n) is 2.47. The number of phenols is 1. The van der Waals surface area contributed by atoms with Crippen molar-refractivity contribution in [1.82, 2.24) is 0 Å². The van der Waals surface area contributed by atoms with E-state index in [1.807, 2.05) is 0 Å². The van der Waals surface area contributed by atoms with Gasteiger partial charge in [0.25, 0.3) is 0 Å². The van der Waals surface area contributed by atoms with E-state index >= 15 is 0 Å². The SMILES string of the molecule is O=C(O)C(O)(Br)c1ccc(O)cc1. The number of phenolic OH excluding ortho intramolecular Hbond substituents is 1. The van der Waals surface area contributed by atoms with Crippen LogP contribution in [0.5, 0.6) is 5.75 Å². The molecular weight excluding hydrogens is 240 g/mol. The van der Waals surface area contributed by atoms with Crippen LogP contribution in [-0.4, -0.2) is 21.3 Å². The zero-order valence-electron chi connectivity index (χ0n) is 6.44. The number of carboxylic acid groups (broad SMARTS) is 1. The quantitative estimate of drug-likeness (QED) is 0.681. The number of aliphatic carboxylic acids is 1. The zero-order chi connectivity index (χ0) is 10.1. The van der Waals surface area contributed by atoms with E-state index in [1.165, 1.54) is 24.3 Å². The molecule has 0 aliphatic carbocycles. The highest BCUT2D eigenvalue weighted by atomic mass is 79.9. The molecule has 1 aromatic carbocycles. The van der Waals surface area contributed by atoms with E-state index in [-0.39, 0.29) is 11.3 Å². The Morgan fingerprint density at radius 1 is 1.31 bits per heavy atom. The lowest BCUT2D eigenvalue weighted by atomic mass is 10.1. The van der Waals surface area contributed by atoms with Crippen LogP contribution in [0.1, 0.15) is 5.56 Å². The fraction of sp³-hybridized carbons (Fsp3) is 0.125. The first-order valence-corrected chi connectivity index (χ1v) is 4.18. The summed E-state index contributed by atoms with van der Waals surface area (Å²) in [6.45, 7) is 0. The fourth-order valence-corrected chi connectivity index (χ4v) is 1.07. The number of hydrogen-bond donors (Lipinski definition) is 3. The van der Waals surface area contributed by atoms with Gasteiger partial charge in [-0.15, -0.1) is 0 Å². The van der Waals surface area contributed by atoms with Crippen molar-refractivity contribution in [2.24, 2.45) is 0 Å². The monoisotopic (exact) mass is 246 g/mol. The van der Waals surface area contributed by atoms with Gasteiger partial charge in [-0.3, -0.25) is 0 Å². The van der Waals surface area contributed by atoms with E-state index in [9.17, 15) is 9.90 Å². The number of halogens is 1. The van der Waals surface area contributed by atoms with Crippen LogP contribution >= 0.6 is 15.9 Å². The normalized spacial score (nSPS) is 14.9. The van der Waals surface area contributed by atoms with Gasteiger partial charge in [0.15, 0.2) is 0 Å². The second-order valence-corrected chi connectivity index (χ2v) is 3.62. The number of aromatic hydroxyl groups is 1. The Balaban J connectivity index is 3.08. The van der Waals surface area contributed by atoms with E-state index < -0.39 is 10.5 Å². The van der Waals surface area contributed by atoms with Crippen LogP contribution in [0.15, 0.2) is 24.3 Å². The van der Waals surface area contributed by atoms with E-state index in [1.54, 1.807) is 0 Å². The van der Waals surface area contributed by atoms with Crippen molar-refractivity contribution in [1.29, 1.82) is 0 Å². The molecule has 1 rings (SSSR count). The van der Waals surface area contributed by atoms with Gasteiger partial charge in [0.2, 0.25) is 4.51 Å². The molecule has 0 saturated heterocycles. The van der Waals surface area contributed by atoms with Crippen molar-refractivity contribution in [2.45, 2.75) is 4.51 Å². The van der Waals surface area contributed by atoms with Gasteiger partial charge in [0.1, 0.15) is 5.75 Å². The Bertz CT molecular complexity index is 317. The Kier molecular flexibility index (Phi) is 2.58. The molecule has 1 unspecified atom stereocenters. The number of hydrogen-bond acceptors (Lipinski definition) is 3. The molecule has 0 bridgehead atoms. The van der Waals surface area contributed by atoms with Crippen LogP contribution in [0.3, 0.4) is 0 Å². The van der Waals surface area contributed by atoms with Gasteiger partial charge >= 0.3 is 5.97 Å². The highest BCUT2D eigenvalue weighted by Gasteiger charge is 2.34. The van der Waals surface area contributed by atoms with Crippen molar-refractivity contribution in [3.63, 3.8) is 0 Å². The minimum atomic E-state index is -2.10. The van der Waals surface area contributed by atoms with Crippen LogP contribution < -0.4 is 0 Å². The minimum absolute atomic E-state index is 0.0115. The highest BCUT2D eigenvalue weighted by molar-refractivity contribution is 9.10. The minimum Gasteiger partial charge on any atom is -0.508 e. The maximum atomic E-state index is 10.5. The standard InChI is InChI=1S/C8H7BrO4/c9-8(13,7(11)12)5-1-3-6(10)4-2-5/h1-4,10,13H,(H,11,12). The first-order chi connectivity index (χ1) is 5.94. The van der Waals surface area contributed by atoms with Crippen LogP contribution in [0.2, 0.25) is 0 Å². The molecule has 4 nitrogen and oxygen atoms in total. The van der Waals surface area contributed by atoms with E-state index in [0.29, 0.717) is 0 Å². The number of carbonyl (C=O) groups is 1. The van der Waals surface area contributed by atoms with Gasteiger partial charge in [-0.2, -0.15) is 0 Å². The third-order valence-electron chi connectivity index (χ3n) is 1.53. The predicted molar refractivity (Wildman–Crippen MR) is 48.6 cm³/mol. The summed E-state index contributed by atoms with van der Waals surface area (Å²) < 4.78 is -2.10. The summed E-state index contributed by atoms with van der Waals surface area (Å²) in [5, 5.41) is 26.9. The first kappa shape index (κ1) is 10.0. The maximum absolute atomic E-state index is 10.5. The molecule has 0 fully saturated rings. The Morgan fingerprint density at radius 2 is 1.77 bits per heavy atom. The van der Waals surface area contributed by atoms with E-state index in [4.69, 9.17) is 10.2 Å². The Morgan fingerprint density at radius 3 is 2.15 bits per heavy atom. The smallest absolute Gasteiger partial charge is 0.351 e. The number of benzene rings is 1. The lowest BCUT2D eigenvalue weighted by Crippen LogP contribution is -2.28. The summed E-state index contributed by atoms with van der Waals surface area (Å²) in [7, 11) is 0. The molecule has 70 valence electrons. The number of alkyl halides is 1. The molecule has 13 heavy (non-hydrogen) atoms. The van der Waals surface area contributed by atoms with Gasteiger partial charge in [-0.25, -0.2) is 4.79 Å². The maximum Gasteiger partial charge on any atom is 0.351 e. The molecule has 1 atom stereocenters. The average Bonchev–Trinajstić information content (AvgIpc) is 2.04. The van der Waals surface area contributed by atoms with Gasteiger partial charge in [0, 0.05) is 5.56 Å². The van der Waals surface area contributed by atoms with Crippen molar-refractivity contribution in [2.75, 3.05) is 0 Å². The zero-order valence-corrected chi connectivity index (χ0v) is 8.02. The van der Waals surface area contributed by atoms with Crippen LogP contribution in [-0.2, 0) is 9.30 Å².